The van der Waals surface area contributed by atoms with E-state index in [2.05, 4.69) is 105 Å². The Balaban J connectivity index is 0.000000312. The van der Waals surface area contributed by atoms with Crippen molar-refractivity contribution in [3.63, 3.8) is 0 Å². The molecule has 0 saturated heterocycles. The number of anilines is 2. The van der Waals surface area contributed by atoms with E-state index in [9.17, 15) is 81.0 Å². The number of azide groups is 3. The van der Waals surface area contributed by atoms with Crippen molar-refractivity contribution in [2.45, 2.75) is 111 Å². The molecule has 0 bridgehead atoms. The zero-order valence-electron chi connectivity index (χ0n) is 75.0. The fourth-order valence-corrected chi connectivity index (χ4v) is 16.5. The van der Waals surface area contributed by atoms with Crippen LogP contribution in [-0.2, 0) is 117 Å². The molecule has 0 radical (unpaired) electrons. The maximum absolute atomic E-state index is 13.1. The zero-order valence-corrected chi connectivity index (χ0v) is 85.9. The second kappa shape index (κ2) is 55.3. The van der Waals surface area contributed by atoms with Crippen molar-refractivity contribution in [3.8, 4) is 28.2 Å². The van der Waals surface area contributed by atoms with Gasteiger partial charge in [0, 0.05) is 157 Å². The Morgan fingerprint density at radius 3 is 1.52 bits per heavy atom. The first-order valence-corrected chi connectivity index (χ1v) is 48.1. The first kappa shape index (κ1) is 118. The standard InChI is InChI=1S/C30H30N10O10S2.C27H26N8O5S.C21H27N9O6S.3Na.2O3S/c31-22-7-5-19-24(20-6-8-23(32)28(52(47,48)49)26(20)50-25(19)27(22)51(44,45)46)18-4-3-16(13-21(18)30(42)43)29(41)35-10-2-12-40-15-17(37-39-40)14-34-9-1-11-36-38-33;28-33-31-13-1-11-29-15-20-16-35(34-32-20)14-2-12-30-25(36)17-40-23-9-5-18-3-4-19-6-10-24(41(37,38)39)22-8-7-21(23)26(18)27(19)22;1-13-15-8-19(37(33,34)35)17(22)10-18(15)36-21(32)16(13)9-20(31)25-5-3-7-30-12-14(27-29-30)11-24-4-2-6-26-28-23;;;;2*1-4(2)3/h3-8,13,15,31,34H,1-2,9-12,14,32H2,(H,35,41)(H,42,43)(H,44,45,46)(H,47,48,49);3-4,7-10,16,29H,1-2,11-15,17H2,(H,30,36)(H,37,38,39);8,10,12,24H,2-7,9,11,22H2,1H3,(H,25,31)(H,33,34,35);;;;;/q;-2;;3*+1;;/p-1. The first-order valence-electron chi connectivity index (χ1n) is 40.4. The van der Waals surface area contributed by atoms with E-state index in [4.69, 9.17) is 72.3 Å². The average molecular weight is 2090 g/mol. The molecule has 54 nitrogen and oxygen atoms in total. The van der Waals surface area contributed by atoms with E-state index in [1.54, 1.807) is 57.6 Å². The zero-order chi connectivity index (χ0) is 101. The molecule has 63 heteroatoms. The summed E-state index contributed by atoms with van der Waals surface area (Å²) in [6.45, 7) is 8.58. The Labute approximate surface area is 868 Å². The Hall–Kier alpha value is -12.1. The summed E-state index contributed by atoms with van der Waals surface area (Å²) in [5.41, 5.74) is 35.8. The van der Waals surface area contributed by atoms with Gasteiger partial charge in [0.25, 0.3) is 21.9 Å². The predicted octanol–water partition coefficient (Wildman–Crippen LogP) is -6.38. The number of nitrogens with two attached hydrogens (primary N) is 3. The third-order valence-corrected chi connectivity index (χ3v) is 23.4. The summed E-state index contributed by atoms with van der Waals surface area (Å²) in [7, 11) is -26.0. The molecule has 4 aromatic heterocycles. The Bertz CT molecular complexity index is 7700. The molecular weight excluding hydrogens is 2010 g/mol. The van der Waals surface area contributed by atoms with Crippen molar-refractivity contribution in [3.05, 3.63) is 208 Å². The number of benzene rings is 8. The van der Waals surface area contributed by atoms with E-state index in [0.29, 0.717) is 161 Å². The van der Waals surface area contributed by atoms with E-state index in [0.717, 1.165) is 59.9 Å². The van der Waals surface area contributed by atoms with Gasteiger partial charge >= 0.3 is 132 Å². The molecule has 1 aliphatic carbocycles. The number of fused-ring (bicyclic) bond motifs is 3. The van der Waals surface area contributed by atoms with Gasteiger partial charge in [0.2, 0.25) is 16.2 Å². The number of carbonyl (C=O) groups excluding carboxylic acids is 3. The van der Waals surface area contributed by atoms with Crippen LogP contribution in [-0.4, -0.2) is 216 Å². The molecule has 2 aliphatic rings. The van der Waals surface area contributed by atoms with E-state index in [-0.39, 0.29) is 169 Å². The molecule has 13 rings (SSSR count). The van der Waals surface area contributed by atoms with Gasteiger partial charge in [-0.1, -0.05) is 60.0 Å². The van der Waals surface area contributed by atoms with Crippen LogP contribution in [0.2, 0.25) is 0 Å². The monoisotopic (exact) mass is 2090 g/mol. The summed E-state index contributed by atoms with van der Waals surface area (Å²) in [5, 5.41) is 71.9. The van der Waals surface area contributed by atoms with Crippen LogP contribution in [0, 0.1) is 19.1 Å². The van der Waals surface area contributed by atoms with Gasteiger partial charge in [-0.2, -0.15) is 39.7 Å². The number of nitrogen functional groups attached to an aromatic ring is 2. The van der Waals surface area contributed by atoms with Crippen molar-refractivity contribution in [2.24, 2.45) is 15.3 Å². The van der Waals surface area contributed by atoms with Crippen LogP contribution in [0.25, 0.3) is 108 Å². The summed E-state index contributed by atoms with van der Waals surface area (Å²) < 4.78 is 212. The number of aromatic nitrogens is 9. The van der Waals surface area contributed by atoms with E-state index < -0.39 is 128 Å². The smallest absolute Gasteiger partial charge is 0.752 e. The van der Waals surface area contributed by atoms with Crippen LogP contribution < -0.4 is 153 Å². The normalized spacial score (nSPS) is 11.1. The third-order valence-electron chi connectivity index (χ3n) is 19.7. The fraction of sp³-hybridized carbons (Fsp3) is 0.308. The molecule has 5 heterocycles. The van der Waals surface area contributed by atoms with Crippen molar-refractivity contribution < 1.29 is 209 Å². The van der Waals surface area contributed by atoms with Crippen molar-refractivity contribution in [1.29, 1.82) is 0 Å². The number of hydrogen-bond donors (Lipinski definition) is 12. The van der Waals surface area contributed by atoms with Crippen molar-refractivity contribution in [2.75, 3.05) is 77.0 Å². The minimum absolute atomic E-state index is 0. The molecule has 0 spiro atoms. The number of hydrogen-bond acceptors (Lipinski definition) is 38. The van der Waals surface area contributed by atoms with Gasteiger partial charge in [-0.3, -0.25) is 42.9 Å². The molecule has 11 aromatic rings. The second-order valence-corrected chi connectivity index (χ2v) is 35.4. The van der Waals surface area contributed by atoms with Gasteiger partial charge in [0.05, 0.1) is 56.1 Å². The molecule has 141 heavy (non-hydrogen) atoms. The molecule has 1 aliphatic heterocycles. The molecule has 730 valence electrons. The summed E-state index contributed by atoms with van der Waals surface area (Å²) >= 11 is 0. The second-order valence-electron chi connectivity index (χ2n) is 29.1. The Kier molecular flexibility index (Phi) is 46.1. The van der Waals surface area contributed by atoms with Gasteiger partial charge in [-0.15, -0.1) is 75.6 Å². The van der Waals surface area contributed by atoms with Crippen LogP contribution >= 0.6 is 0 Å². The number of ether oxygens (including phenoxy) is 1. The van der Waals surface area contributed by atoms with Crippen LogP contribution in [0.5, 0.6) is 5.75 Å². The summed E-state index contributed by atoms with van der Waals surface area (Å²) in [4.78, 5) is 68.3. The third kappa shape index (κ3) is 34.1. The Morgan fingerprint density at radius 2 is 1.04 bits per heavy atom. The number of amides is 3. The minimum Gasteiger partial charge on any atom is -0.752 e. The molecule has 0 saturated carbocycles. The summed E-state index contributed by atoms with van der Waals surface area (Å²) in [6, 6.07) is 26.3. The summed E-state index contributed by atoms with van der Waals surface area (Å²) in [5.74, 6) is -3.12. The maximum atomic E-state index is 13.1. The number of nitrogens with one attached hydrogen (secondary N) is 6. The predicted molar refractivity (Wildman–Crippen MR) is 482 cm³/mol. The first-order chi connectivity index (χ1) is 65.5. The number of carbonyl (C=O) groups is 4. The molecule has 3 amide bonds. The quantitative estimate of drug-likeness (QED) is 0.00145. The van der Waals surface area contributed by atoms with Gasteiger partial charge in [-0.05, 0) is 134 Å². The van der Waals surface area contributed by atoms with Gasteiger partial charge in [0.1, 0.15) is 25.5 Å². The van der Waals surface area contributed by atoms with Crippen molar-refractivity contribution >= 4 is 151 Å². The van der Waals surface area contributed by atoms with Gasteiger partial charge in [-0.25, -0.2) is 26.4 Å². The van der Waals surface area contributed by atoms with Gasteiger partial charge < -0.3 is 71.2 Å². The van der Waals surface area contributed by atoms with E-state index in [1.807, 2.05) is 12.3 Å². The maximum Gasteiger partial charge on any atom is 1.00 e. The minimum atomic E-state index is -5.37. The SMILES string of the molecule is Cc1c(CC(=O)NCCCn2cc(CNCCCN=[N+]=[N-])nn2)c(=O)oc2cc(N)c(S(=O)(=O)O)cc12.O=S(=O)=O.O=S(=O)=O.[N-]=[N+]=NCCCNCc1cn(CCCNC(=O)COc2c[c-]c3ccc4[c-]cc(S(=O)(=O)[O-])c5ccc2c3c45)nn1.[N-]=[N+]=NCCCNCc1cn(CCCNC(=O)c2ccc(-c3c4ccc(=[NH2+])c(S(=O)(=O)O)c-4oc4c(S(=O)(=O)[O-])c(N)ccc34)c(C(=O)O)c2)nn1.[Na+].[Na+].[Na+]. The van der Waals surface area contributed by atoms with Gasteiger partial charge in [0.15, 0.2) is 18.0 Å². The van der Waals surface area contributed by atoms with Crippen LogP contribution in [0.1, 0.15) is 87.4 Å². The van der Waals surface area contributed by atoms with Crippen LogP contribution in [0.3, 0.4) is 0 Å². The van der Waals surface area contributed by atoms with Crippen molar-refractivity contribution in [1.82, 2.24) is 76.9 Å². The number of aryl methyl sites for hydroxylation is 4. The molecule has 0 atom stereocenters. The number of carboxylic acid groups (broad SMARTS) is 1. The molecule has 0 fully saturated rings. The number of aromatic carboxylic acids is 1. The number of rotatable bonds is 42. The number of carboxylic acids is 1. The number of nitrogens with zero attached hydrogens (tertiary/aromatic N) is 18. The largest absolute Gasteiger partial charge is 1.00 e. The Morgan fingerprint density at radius 1 is 0.560 bits per heavy atom. The molecular formula is C78H82N27Na3O27S6. The summed E-state index contributed by atoms with van der Waals surface area (Å²) in [6.07, 6.45) is 8.88. The van der Waals surface area contributed by atoms with Crippen LogP contribution in [0.15, 0.2) is 158 Å². The average Bonchev–Trinajstić information content (AvgIpc) is 1.03. The fourth-order valence-electron chi connectivity index (χ4n) is 13.8. The molecule has 7 aromatic carbocycles. The van der Waals surface area contributed by atoms with E-state index >= 15 is 0 Å². The van der Waals surface area contributed by atoms with Crippen LogP contribution in [0.4, 0.5) is 11.4 Å². The topological polar surface area (TPSA) is 855 Å². The van der Waals surface area contributed by atoms with E-state index in [1.165, 1.54) is 30.3 Å². The molecule has 15 N–H and O–H groups in total. The molecule has 0 unspecified atom stereocenters.